The van der Waals surface area contributed by atoms with Crippen LogP contribution in [0.4, 0.5) is 0 Å². The maximum absolute atomic E-state index is 13.3. The first-order valence-corrected chi connectivity index (χ1v) is 10.6. The molecule has 2 aliphatic heterocycles. The van der Waals surface area contributed by atoms with Gasteiger partial charge in [-0.15, -0.1) is 0 Å². The van der Waals surface area contributed by atoms with E-state index < -0.39 is 0 Å². The van der Waals surface area contributed by atoms with Crippen LogP contribution in [-0.2, 0) is 0 Å². The van der Waals surface area contributed by atoms with Crippen LogP contribution in [0.2, 0.25) is 0 Å². The number of carbonyl (C=O) groups excluding carboxylic acids is 1. The van der Waals surface area contributed by atoms with E-state index in [1.54, 1.807) is 0 Å². The van der Waals surface area contributed by atoms with Gasteiger partial charge in [-0.2, -0.15) is 0 Å². The molecule has 2 aromatic rings. The van der Waals surface area contributed by atoms with Crippen LogP contribution in [-0.4, -0.2) is 29.4 Å². The molecule has 1 unspecified atom stereocenters. The molecule has 0 aromatic heterocycles. The molecule has 0 aliphatic carbocycles. The Hall–Kier alpha value is -1.65. The Balaban J connectivity index is 1.73. The monoisotopic (exact) mass is 426 g/mol. The molecular formula is C23H27BrN2O. The molecule has 2 aromatic carbocycles. The molecule has 2 bridgehead atoms. The molecule has 0 spiro atoms. The van der Waals surface area contributed by atoms with Crippen molar-refractivity contribution in [2.75, 3.05) is 7.05 Å². The Labute approximate surface area is 170 Å². The van der Waals surface area contributed by atoms with Crippen LogP contribution >= 0.6 is 15.9 Å². The van der Waals surface area contributed by atoms with Crippen LogP contribution in [0.1, 0.15) is 58.8 Å². The lowest BCUT2D eigenvalue weighted by Crippen LogP contribution is -2.51. The highest BCUT2D eigenvalue weighted by Crippen LogP contribution is 2.51. The third-order valence-corrected chi connectivity index (χ3v) is 7.32. The second-order valence-electron chi connectivity index (χ2n) is 8.17. The van der Waals surface area contributed by atoms with Crippen LogP contribution in [0.3, 0.4) is 0 Å². The molecule has 4 heteroatoms. The van der Waals surface area contributed by atoms with Crippen molar-refractivity contribution < 1.29 is 4.79 Å². The van der Waals surface area contributed by atoms with Gasteiger partial charge in [0.1, 0.15) is 0 Å². The zero-order chi connectivity index (χ0) is 19.2. The predicted octanol–water partition coefficient (Wildman–Crippen LogP) is 5.16. The number of amides is 1. The maximum Gasteiger partial charge on any atom is 0.252 e. The second kappa shape index (κ2) is 7.06. The fourth-order valence-electron chi connectivity index (χ4n) is 5.26. The summed E-state index contributed by atoms with van der Waals surface area (Å²) in [6.45, 7) is 4.03. The van der Waals surface area contributed by atoms with Gasteiger partial charge in [0.2, 0.25) is 0 Å². The summed E-state index contributed by atoms with van der Waals surface area (Å²) in [7, 11) is 2.24. The average molecular weight is 427 g/mol. The quantitative estimate of drug-likeness (QED) is 0.731. The summed E-state index contributed by atoms with van der Waals surface area (Å²) in [6, 6.07) is 15.1. The van der Waals surface area contributed by atoms with Crippen LogP contribution in [0.15, 0.2) is 46.9 Å². The van der Waals surface area contributed by atoms with Crippen LogP contribution < -0.4 is 5.32 Å². The first-order valence-electron chi connectivity index (χ1n) is 9.78. The van der Waals surface area contributed by atoms with E-state index in [2.05, 4.69) is 57.5 Å². The summed E-state index contributed by atoms with van der Waals surface area (Å²) in [5.41, 5.74) is 4.08. The topological polar surface area (TPSA) is 32.3 Å². The minimum atomic E-state index is -0.00499. The van der Waals surface area contributed by atoms with E-state index in [1.807, 2.05) is 32.0 Å². The van der Waals surface area contributed by atoms with Crippen molar-refractivity contribution >= 4 is 21.8 Å². The van der Waals surface area contributed by atoms with Crippen molar-refractivity contribution in [3.8, 4) is 0 Å². The van der Waals surface area contributed by atoms with E-state index in [-0.39, 0.29) is 17.5 Å². The number of nitrogens with one attached hydrogen (secondary N) is 1. The van der Waals surface area contributed by atoms with Crippen molar-refractivity contribution in [2.24, 2.45) is 0 Å². The van der Waals surface area contributed by atoms with Gasteiger partial charge in [-0.05, 0) is 75.4 Å². The minimum absolute atomic E-state index is 0.00499. The number of rotatable bonds is 4. The zero-order valence-corrected chi connectivity index (χ0v) is 17.8. The lowest BCUT2D eigenvalue weighted by atomic mass is 9.78. The van der Waals surface area contributed by atoms with Crippen molar-refractivity contribution in [1.82, 2.24) is 10.2 Å². The fraction of sp³-hybridized carbons (Fsp3) is 0.435. The van der Waals surface area contributed by atoms with Gasteiger partial charge in [0.05, 0.1) is 6.04 Å². The van der Waals surface area contributed by atoms with Crippen molar-refractivity contribution in [1.29, 1.82) is 0 Å². The largest absolute Gasteiger partial charge is 0.343 e. The Morgan fingerprint density at radius 3 is 2.22 bits per heavy atom. The van der Waals surface area contributed by atoms with E-state index in [1.165, 1.54) is 18.4 Å². The van der Waals surface area contributed by atoms with Crippen LogP contribution in [0.5, 0.6) is 0 Å². The summed E-state index contributed by atoms with van der Waals surface area (Å²) in [5, 5.41) is 3.45. The van der Waals surface area contributed by atoms with E-state index in [4.69, 9.17) is 0 Å². The number of benzene rings is 2. The fourth-order valence-corrected chi connectivity index (χ4v) is 5.52. The van der Waals surface area contributed by atoms with Gasteiger partial charge in [-0.25, -0.2) is 0 Å². The number of likely N-dealkylation sites (N-methyl/N-ethyl adjacent to an activating group) is 1. The summed E-state index contributed by atoms with van der Waals surface area (Å²) in [5.74, 6) is 0.0386. The van der Waals surface area contributed by atoms with Gasteiger partial charge >= 0.3 is 0 Å². The highest BCUT2D eigenvalue weighted by atomic mass is 79.9. The molecule has 0 saturated carbocycles. The lowest BCUT2D eigenvalue weighted by molar-refractivity contribution is 0.0836. The van der Waals surface area contributed by atoms with Gasteiger partial charge in [0.15, 0.2) is 0 Å². The number of halogens is 1. The molecule has 2 fully saturated rings. The minimum Gasteiger partial charge on any atom is -0.343 e. The number of hydrogen-bond donors (Lipinski definition) is 1. The van der Waals surface area contributed by atoms with Crippen molar-refractivity contribution in [2.45, 2.75) is 57.2 Å². The average Bonchev–Trinajstić information content (AvgIpc) is 3.13. The molecule has 1 atom stereocenters. The maximum atomic E-state index is 13.3. The summed E-state index contributed by atoms with van der Waals surface area (Å²) in [6.07, 6.45) is 4.73. The molecule has 142 valence electrons. The predicted molar refractivity (Wildman–Crippen MR) is 113 cm³/mol. The highest BCUT2D eigenvalue weighted by molar-refractivity contribution is 9.10. The standard InChI is InChI=1S/C23H27BrN2O/c1-15-5-4-6-16(2)20(15)22(27)25-21(17-7-9-18(24)10-8-17)23-13-11-19(12-14-23)26(23)3/h4-10,19,21H,11-14H2,1-3H3,(H,25,27). The van der Waals surface area contributed by atoms with Crippen LogP contribution in [0, 0.1) is 13.8 Å². The zero-order valence-electron chi connectivity index (χ0n) is 16.3. The smallest absolute Gasteiger partial charge is 0.252 e. The summed E-state index contributed by atoms with van der Waals surface area (Å²) in [4.78, 5) is 15.9. The number of carbonyl (C=O) groups is 1. The Bertz CT molecular complexity index is 833. The molecule has 4 rings (SSSR count). The van der Waals surface area contributed by atoms with Crippen molar-refractivity contribution in [3.05, 3.63) is 69.2 Å². The third kappa shape index (κ3) is 3.13. The molecule has 1 N–H and O–H groups in total. The van der Waals surface area contributed by atoms with Gasteiger partial charge in [-0.3, -0.25) is 9.69 Å². The Morgan fingerprint density at radius 2 is 1.70 bits per heavy atom. The molecule has 0 radical (unpaired) electrons. The molecule has 27 heavy (non-hydrogen) atoms. The van der Waals surface area contributed by atoms with Crippen molar-refractivity contribution in [3.63, 3.8) is 0 Å². The second-order valence-corrected chi connectivity index (χ2v) is 9.09. The Morgan fingerprint density at radius 1 is 1.11 bits per heavy atom. The number of nitrogens with zero attached hydrogens (tertiary/aromatic N) is 1. The first-order chi connectivity index (χ1) is 12.9. The number of aryl methyl sites for hydroxylation is 2. The molecule has 2 heterocycles. The molecule has 1 amide bonds. The SMILES string of the molecule is Cc1cccc(C)c1C(=O)NC(c1ccc(Br)cc1)C12CCC(CC1)N2C. The normalized spacial score (nSPS) is 25.6. The Kier molecular flexibility index (Phi) is 4.89. The first kappa shape index (κ1) is 18.7. The summed E-state index contributed by atoms with van der Waals surface area (Å²) < 4.78 is 1.06. The third-order valence-electron chi connectivity index (χ3n) is 6.80. The van der Waals surface area contributed by atoms with E-state index in [0.717, 1.165) is 34.0 Å². The lowest BCUT2D eigenvalue weighted by Gasteiger charge is -2.41. The van der Waals surface area contributed by atoms with Gasteiger partial charge in [-0.1, -0.05) is 46.3 Å². The highest BCUT2D eigenvalue weighted by Gasteiger charge is 2.54. The molecule has 2 aliphatic rings. The van der Waals surface area contributed by atoms with E-state index in [9.17, 15) is 4.79 Å². The van der Waals surface area contributed by atoms with Gasteiger partial charge in [0, 0.05) is 21.6 Å². The van der Waals surface area contributed by atoms with E-state index >= 15 is 0 Å². The summed E-state index contributed by atoms with van der Waals surface area (Å²) >= 11 is 3.54. The molecule has 2 saturated heterocycles. The van der Waals surface area contributed by atoms with Gasteiger partial charge < -0.3 is 5.32 Å². The number of hydrogen-bond acceptors (Lipinski definition) is 2. The molecule has 3 nitrogen and oxygen atoms in total. The number of fused-ring (bicyclic) bond motifs is 2. The molecular weight excluding hydrogens is 400 g/mol. The van der Waals surface area contributed by atoms with E-state index in [0.29, 0.717) is 6.04 Å². The van der Waals surface area contributed by atoms with Gasteiger partial charge in [0.25, 0.3) is 5.91 Å². The van der Waals surface area contributed by atoms with Crippen LogP contribution in [0.25, 0.3) is 0 Å².